The van der Waals surface area contributed by atoms with Crippen molar-refractivity contribution in [2.45, 2.75) is 18.9 Å². The molecule has 0 bridgehead atoms. The number of aromatic nitrogens is 3. The van der Waals surface area contributed by atoms with Crippen LogP contribution in [0.5, 0.6) is 0 Å². The third kappa shape index (κ3) is 3.37. The number of nitrogens with zero attached hydrogens (tertiary/aromatic N) is 3. The number of nitrogens with one attached hydrogen (secondary N) is 1. The molecule has 1 aromatic carbocycles. The molecule has 3 rings (SSSR count). The lowest BCUT2D eigenvalue weighted by Crippen LogP contribution is -2.17. The maximum absolute atomic E-state index is 4.60. The maximum Gasteiger partial charge on any atom is 0.100 e. The van der Waals surface area contributed by atoms with E-state index in [4.69, 9.17) is 0 Å². The van der Waals surface area contributed by atoms with Crippen LogP contribution in [0.4, 0.5) is 0 Å². The van der Waals surface area contributed by atoms with E-state index in [1.807, 2.05) is 43.6 Å². The van der Waals surface area contributed by atoms with Crippen LogP contribution in [0.25, 0.3) is 5.69 Å². The van der Waals surface area contributed by atoms with Crippen LogP contribution in [0.1, 0.15) is 23.0 Å². The molecule has 2 heterocycles. The Balaban J connectivity index is 1.71. The fourth-order valence-electron chi connectivity index (χ4n) is 2.30. The second kappa shape index (κ2) is 6.65. The molecular formula is C16H18N4S. The predicted molar refractivity (Wildman–Crippen MR) is 85.8 cm³/mol. The summed E-state index contributed by atoms with van der Waals surface area (Å²) in [6.45, 7) is 0. The van der Waals surface area contributed by atoms with Gasteiger partial charge in [0.25, 0.3) is 0 Å². The first-order chi connectivity index (χ1) is 10.4. The van der Waals surface area contributed by atoms with Gasteiger partial charge in [0.2, 0.25) is 0 Å². The molecule has 3 aromatic rings. The number of aryl methyl sites for hydroxylation is 1. The monoisotopic (exact) mass is 298 g/mol. The Morgan fingerprint density at radius 3 is 2.76 bits per heavy atom. The van der Waals surface area contributed by atoms with Crippen LogP contribution >= 0.6 is 11.3 Å². The summed E-state index contributed by atoms with van der Waals surface area (Å²) >= 11 is 1.80. The Hall–Kier alpha value is -1.98. The molecular weight excluding hydrogens is 280 g/mol. The van der Waals surface area contributed by atoms with E-state index in [0.29, 0.717) is 0 Å². The first-order valence-electron chi connectivity index (χ1n) is 7.04. The van der Waals surface area contributed by atoms with E-state index in [9.17, 15) is 0 Å². The van der Waals surface area contributed by atoms with Gasteiger partial charge in [-0.3, -0.25) is 0 Å². The van der Waals surface area contributed by atoms with Crippen molar-refractivity contribution in [3.8, 4) is 5.69 Å². The fraction of sp³-hybridized carbons (Fsp3) is 0.250. The van der Waals surface area contributed by atoms with Crippen molar-refractivity contribution in [2.24, 2.45) is 0 Å². The van der Waals surface area contributed by atoms with E-state index >= 15 is 0 Å². The second-order valence-electron chi connectivity index (χ2n) is 4.85. The van der Waals surface area contributed by atoms with Crippen molar-refractivity contribution in [1.82, 2.24) is 20.3 Å². The fourth-order valence-corrected chi connectivity index (χ4v) is 3.03. The summed E-state index contributed by atoms with van der Waals surface area (Å²) in [6, 6.07) is 14.5. The van der Waals surface area contributed by atoms with Gasteiger partial charge in [-0.05, 0) is 43.5 Å². The highest BCUT2D eigenvalue weighted by molar-refractivity contribution is 7.09. The van der Waals surface area contributed by atoms with Gasteiger partial charge in [0.15, 0.2) is 0 Å². The standard InChI is InChI=1S/C16H18N4S/c1-17-15(10-9-14-8-5-11-21-14)16-12-18-20(19-16)13-6-3-2-4-7-13/h2-8,11-12,15,17H,9-10H2,1H3. The molecule has 0 aliphatic rings. The van der Waals surface area contributed by atoms with Gasteiger partial charge in [-0.2, -0.15) is 15.0 Å². The average Bonchev–Trinajstić information content (AvgIpc) is 3.20. The molecule has 2 aromatic heterocycles. The Morgan fingerprint density at radius 2 is 2.05 bits per heavy atom. The van der Waals surface area contributed by atoms with E-state index in [1.165, 1.54) is 4.88 Å². The molecule has 108 valence electrons. The van der Waals surface area contributed by atoms with Gasteiger partial charge in [-0.1, -0.05) is 24.3 Å². The van der Waals surface area contributed by atoms with Crippen molar-refractivity contribution in [3.63, 3.8) is 0 Å². The summed E-state index contributed by atoms with van der Waals surface area (Å²) in [4.78, 5) is 3.09. The number of hydrogen-bond donors (Lipinski definition) is 1. The zero-order valence-corrected chi connectivity index (χ0v) is 12.8. The zero-order valence-electron chi connectivity index (χ0n) is 11.9. The van der Waals surface area contributed by atoms with Gasteiger partial charge >= 0.3 is 0 Å². The molecule has 0 aliphatic heterocycles. The summed E-state index contributed by atoms with van der Waals surface area (Å²) in [6.07, 6.45) is 3.93. The third-order valence-electron chi connectivity index (χ3n) is 3.46. The van der Waals surface area contributed by atoms with Crippen molar-refractivity contribution < 1.29 is 0 Å². The summed E-state index contributed by atoms with van der Waals surface area (Å²) in [5, 5.41) is 14.4. The van der Waals surface area contributed by atoms with Crippen LogP contribution in [-0.2, 0) is 6.42 Å². The minimum Gasteiger partial charge on any atom is -0.312 e. The Morgan fingerprint density at radius 1 is 1.19 bits per heavy atom. The lowest BCUT2D eigenvalue weighted by molar-refractivity contribution is 0.532. The number of thiophene rings is 1. The minimum absolute atomic E-state index is 0.226. The highest BCUT2D eigenvalue weighted by atomic mass is 32.1. The predicted octanol–water partition coefficient (Wildman–Crippen LogP) is 3.22. The van der Waals surface area contributed by atoms with Crippen LogP contribution in [0.15, 0.2) is 54.0 Å². The molecule has 4 nitrogen and oxygen atoms in total. The SMILES string of the molecule is CNC(CCc1cccs1)c1cnn(-c2ccccc2)n1. The summed E-state index contributed by atoms with van der Waals surface area (Å²) in [5.74, 6) is 0. The van der Waals surface area contributed by atoms with Crippen LogP contribution in [0, 0.1) is 0 Å². The molecule has 0 aliphatic carbocycles. The van der Waals surface area contributed by atoms with E-state index in [1.54, 1.807) is 16.1 Å². The average molecular weight is 298 g/mol. The van der Waals surface area contributed by atoms with Gasteiger partial charge in [0, 0.05) is 4.88 Å². The molecule has 21 heavy (non-hydrogen) atoms. The van der Waals surface area contributed by atoms with Crippen molar-refractivity contribution in [1.29, 1.82) is 0 Å². The molecule has 0 fully saturated rings. The molecule has 0 spiro atoms. The molecule has 0 saturated heterocycles. The minimum atomic E-state index is 0.226. The van der Waals surface area contributed by atoms with E-state index in [0.717, 1.165) is 24.2 Å². The van der Waals surface area contributed by atoms with Gasteiger partial charge in [0.1, 0.15) is 5.69 Å². The maximum atomic E-state index is 4.60. The summed E-state index contributed by atoms with van der Waals surface area (Å²) in [7, 11) is 1.97. The van der Waals surface area contributed by atoms with Crippen molar-refractivity contribution >= 4 is 11.3 Å². The molecule has 0 saturated carbocycles. The van der Waals surface area contributed by atoms with Gasteiger partial charge < -0.3 is 5.32 Å². The van der Waals surface area contributed by atoms with E-state index in [-0.39, 0.29) is 6.04 Å². The zero-order chi connectivity index (χ0) is 14.5. The quantitative estimate of drug-likeness (QED) is 0.760. The smallest absolute Gasteiger partial charge is 0.100 e. The first kappa shape index (κ1) is 14.0. The summed E-state index contributed by atoms with van der Waals surface area (Å²) in [5.41, 5.74) is 1.97. The largest absolute Gasteiger partial charge is 0.312 e. The lowest BCUT2D eigenvalue weighted by atomic mass is 10.1. The highest BCUT2D eigenvalue weighted by Crippen LogP contribution is 2.19. The Labute approximate surface area is 128 Å². The van der Waals surface area contributed by atoms with E-state index < -0.39 is 0 Å². The van der Waals surface area contributed by atoms with Gasteiger partial charge in [-0.25, -0.2) is 0 Å². The second-order valence-corrected chi connectivity index (χ2v) is 5.89. The molecule has 1 unspecified atom stereocenters. The number of hydrogen-bond acceptors (Lipinski definition) is 4. The van der Waals surface area contributed by atoms with Gasteiger partial charge in [0.05, 0.1) is 17.9 Å². The number of para-hydroxylation sites is 1. The van der Waals surface area contributed by atoms with Gasteiger partial charge in [-0.15, -0.1) is 11.3 Å². The summed E-state index contributed by atoms with van der Waals surface area (Å²) < 4.78 is 0. The molecule has 0 radical (unpaired) electrons. The third-order valence-corrected chi connectivity index (χ3v) is 4.40. The molecule has 1 N–H and O–H groups in total. The molecule has 1 atom stereocenters. The lowest BCUT2D eigenvalue weighted by Gasteiger charge is -2.12. The van der Waals surface area contributed by atoms with Crippen LogP contribution in [0.2, 0.25) is 0 Å². The topological polar surface area (TPSA) is 42.7 Å². The van der Waals surface area contributed by atoms with Crippen molar-refractivity contribution in [2.75, 3.05) is 7.05 Å². The van der Waals surface area contributed by atoms with Crippen LogP contribution in [-0.4, -0.2) is 22.0 Å². The highest BCUT2D eigenvalue weighted by Gasteiger charge is 2.14. The Bertz CT molecular complexity index is 661. The normalized spacial score (nSPS) is 12.4. The van der Waals surface area contributed by atoms with Crippen molar-refractivity contribution in [3.05, 3.63) is 64.6 Å². The van der Waals surface area contributed by atoms with Crippen LogP contribution in [0.3, 0.4) is 0 Å². The van der Waals surface area contributed by atoms with E-state index in [2.05, 4.69) is 33.0 Å². The number of rotatable bonds is 6. The number of benzene rings is 1. The Kier molecular flexibility index (Phi) is 4.43. The molecule has 5 heteroatoms. The first-order valence-corrected chi connectivity index (χ1v) is 7.92. The van der Waals surface area contributed by atoms with Crippen LogP contribution < -0.4 is 5.32 Å². The molecule has 0 amide bonds.